The van der Waals surface area contributed by atoms with E-state index in [9.17, 15) is 0 Å². The van der Waals surface area contributed by atoms with Crippen molar-refractivity contribution in [1.29, 1.82) is 0 Å². The van der Waals surface area contributed by atoms with Crippen LogP contribution in [0.1, 0.15) is 0 Å². The van der Waals surface area contributed by atoms with Crippen LogP contribution in [-0.2, 0) is 39.8 Å². The summed E-state index contributed by atoms with van der Waals surface area (Å²) in [6.45, 7) is 0. The summed E-state index contributed by atoms with van der Waals surface area (Å²) in [6.07, 6.45) is 0. The zero-order valence-electron chi connectivity index (χ0n) is 2.06. The third-order valence-corrected chi connectivity index (χ3v) is 0. The molecular formula is H4AlFeO3V. The molecule has 0 aromatic rings. The summed E-state index contributed by atoms with van der Waals surface area (Å²) >= 11 is -3.69. The molecule has 0 fully saturated rings. The second kappa shape index (κ2) is 9.50. The number of hydrogen-bond donors (Lipinski definition) is 1. The summed E-state index contributed by atoms with van der Waals surface area (Å²) < 4.78 is 24.4. The molecule has 0 bridgehead atoms. The van der Waals surface area contributed by atoms with Gasteiger partial charge in [-0.15, -0.1) is 0 Å². The molecule has 38 valence electrons. The van der Waals surface area contributed by atoms with E-state index in [1.807, 2.05) is 0 Å². The standard InChI is InChI=1S/Al.Fe.H2O.2O.V.3H/h;;1H2;;;;;;/q;;;;;+1;;;/p-1. The van der Waals surface area contributed by atoms with Crippen molar-refractivity contribution in [3.63, 3.8) is 0 Å². The Balaban J connectivity index is -0.0000000450. The Labute approximate surface area is 61.1 Å². The Morgan fingerprint density at radius 2 is 1.33 bits per heavy atom. The van der Waals surface area contributed by atoms with Crippen LogP contribution in [0.3, 0.4) is 0 Å². The van der Waals surface area contributed by atoms with Crippen LogP contribution in [0.4, 0.5) is 0 Å². The maximum atomic E-state index is 8.67. The normalized spacial score (nSPS) is 4.17. The van der Waals surface area contributed by atoms with Crippen LogP contribution in [0, 0.1) is 0 Å². The van der Waals surface area contributed by atoms with Gasteiger partial charge in [0.25, 0.3) is 0 Å². The molecule has 0 saturated carbocycles. The Morgan fingerprint density at radius 3 is 1.33 bits per heavy atom. The summed E-state index contributed by atoms with van der Waals surface area (Å²) in [5, 5.41) is 0. The third kappa shape index (κ3) is 63.9. The topological polar surface area (TPSA) is 54.4 Å². The third-order valence-electron chi connectivity index (χ3n) is 0. The van der Waals surface area contributed by atoms with Gasteiger partial charge in [0, 0.05) is 17.1 Å². The molecule has 0 aliphatic rings. The molecule has 0 heterocycles. The van der Waals surface area contributed by atoms with Crippen molar-refractivity contribution in [3.05, 3.63) is 0 Å². The average molecular weight is 186 g/mol. The molecule has 0 spiro atoms. The molecular weight excluding hydrogens is 182 g/mol. The summed E-state index contributed by atoms with van der Waals surface area (Å²) in [5.41, 5.74) is 0. The van der Waals surface area contributed by atoms with Gasteiger partial charge in [-0.2, -0.15) is 0 Å². The number of hydrogen-bond acceptors (Lipinski definition) is 2. The van der Waals surface area contributed by atoms with Gasteiger partial charge in [-0.3, -0.25) is 0 Å². The molecule has 0 aromatic carbocycles. The van der Waals surface area contributed by atoms with Gasteiger partial charge in [-0.25, -0.2) is 0 Å². The maximum absolute atomic E-state index is 8.67. The summed E-state index contributed by atoms with van der Waals surface area (Å²) in [4.78, 5) is 0. The molecule has 6 heavy (non-hydrogen) atoms. The van der Waals surface area contributed by atoms with Crippen LogP contribution in [0.15, 0.2) is 0 Å². The molecule has 0 aliphatic carbocycles. The van der Waals surface area contributed by atoms with Gasteiger partial charge < -0.3 is 0 Å². The van der Waals surface area contributed by atoms with E-state index in [2.05, 4.69) is 0 Å². The van der Waals surface area contributed by atoms with E-state index in [0.29, 0.717) is 0 Å². The van der Waals surface area contributed by atoms with Crippen molar-refractivity contribution in [2.45, 2.75) is 0 Å². The molecule has 3 nitrogen and oxygen atoms in total. The molecule has 0 rings (SSSR count). The van der Waals surface area contributed by atoms with Crippen molar-refractivity contribution in [3.8, 4) is 0 Å². The minimum absolute atomic E-state index is 0. The molecule has 1 N–H and O–H groups in total. The van der Waals surface area contributed by atoms with Crippen LogP contribution in [-0.4, -0.2) is 21.4 Å². The van der Waals surface area contributed by atoms with Gasteiger partial charge in [0.15, 0.2) is 17.4 Å². The molecule has 0 radical (unpaired) electrons. The fourth-order valence-corrected chi connectivity index (χ4v) is 0. The predicted molar refractivity (Wildman–Crippen MR) is 13.5 cm³/mol. The van der Waals surface area contributed by atoms with Gasteiger partial charge in [-0.05, 0) is 0 Å². The molecule has 6 heteroatoms. The Bertz CT molecular complexity index is 59.2. The van der Waals surface area contributed by atoms with E-state index in [0.717, 1.165) is 0 Å². The Hall–Kier alpha value is 1.20. The van der Waals surface area contributed by atoms with Crippen LogP contribution >= 0.6 is 0 Å². The fourth-order valence-electron chi connectivity index (χ4n) is 0. The minimum atomic E-state index is -3.69. The first-order valence-electron chi connectivity index (χ1n) is 0.565. The van der Waals surface area contributed by atoms with Gasteiger partial charge in [-0.1, -0.05) is 0 Å². The van der Waals surface area contributed by atoms with Gasteiger partial charge in [0.05, 0.1) is 0 Å². The summed E-state index contributed by atoms with van der Waals surface area (Å²) in [7, 11) is 0. The van der Waals surface area contributed by atoms with Crippen LogP contribution < -0.4 is 0 Å². The molecule has 0 aliphatic heterocycles. The van der Waals surface area contributed by atoms with Gasteiger partial charge >= 0.3 is 26.8 Å². The van der Waals surface area contributed by atoms with Crippen molar-refractivity contribution in [2.24, 2.45) is 0 Å². The number of rotatable bonds is 0. The molecule has 0 amide bonds. The van der Waals surface area contributed by atoms with Crippen molar-refractivity contribution in [2.75, 3.05) is 0 Å². The average Bonchev–Trinajstić information content (AvgIpc) is 0.811. The first-order chi connectivity index (χ1) is 1.73. The van der Waals surface area contributed by atoms with Crippen molar-refractivity contribution < 1.29 is 43.8 Å². The molecule has 0 saturated heterocycles. The Morgan fingerprint density at radius 1 is 1.33 bits per heavy atom. The van der Waals surface area contributed by atoms with Gasteiger partial charge in [0.2, 0.25) is 0 Å². The van der Waals surface area contributed by atoms with Crippen LogP contribution in [0.2, 0.25) is 0 Å². The van der Waals surface area contributed by atoms with E-state index < -0.39 is 15.4 Å². The first-order valence-corrected chi connectivity index (χ1v) is 2.33. The van der Waals surface area contributed by atoms with E-state index in [1.165, 1.54) is 0 Å². The van der Waals surface area contributed by atoms with Crippen molar-refractivity contribution >= 4 is 17.4 Å². The molecule has 0 atom stereocenters. The van der Waals surface area contributed by atoms with E-state index in [4.69, 9.17) is 11.4 Å². The SMILES string of the molecule is [AlH3].[Fe].[O]=[V](=[O])[OH]. The van der Waals surface area contributed by atoms with E-state index in [-0.39, 0.29) is 34.4 Å². The second-order valence-electron chi connectivity index (χ2n) is 0.238. The zero-order chi connectivity index (χ0) is 3.58. The van der Waals surface area contributed by atoms with Crippen molar-refractivity contribution in [1.82, 2.24) is 0 Å². The molecule has 0 unspecified atom stereocenters. The Kier molecular flexibility index (Phi) is 24.8. The quantitative estimate of drug-likeness (QED) is 0.445. The first kappa shape index (κ1) is 15.7. The van der Waals surface area contributed by atoms with E-state index in [1.54, 1.807) is 0 Å². The van der Waals surface area contributed by atoms with Crippen LogP contribution in [0.5, 0.6) is 0 Å². The van der Waals surface area contributed by atoms with E-state index >= 15 is 0 Å². The summed E-state index contributed by atoms with van der Waals surface area (Å²) in [6, 6.07) is 0. The predicted octanol–water partition coefficient (Wildman–Crippen LogP) is -1.98. The molecule has 0 aromatic heterocycles. The second-order valence-corrected chi connectivity index (χ2v) is 0.981. The fraction of sp³-hybridized carbons (Fsp3) is 0. The summed E-state index contributed by atoms with van der Waals surface area (Å²) in [5.74, 6) is 0. The van der Waals surface area contributed by atoms with Gasteiger partial charge in [0.1, 0.15) is 0 Å². The van der Waals surface area contributed by atoms with Crippen LogP contribution in [0.25, 0.3) is 0 Å². The zero-order valence-corrected chi connectivity index (χ0v) is 4.57. The monoisotopic (exact) mass is 186 g/mol.